The Bertz CT molecular complexity index is 1320. The Morgan fingerprint density at radius 2 is 2.06 bits per heavy atom. The van der Waals surface area contributed by atoms with E-state index in [9.17, 15) is 18.4 Å². The van der Waals surface area contributed by atoms with E-state index in [2.05, 4.69) is 15.1 Å². The number of esters is 1. The zero-order chi connectivity index (χ0) is 22.8. The van der Waals surface area contributed by atoms with Crippen molar-refractivity contribution in [1.29, 1.82) is 0 Å². The predicted octanol–water partition coefficient (Wildman–Crippen LogP) is 2.59. The van der Waals surface area contributed by atoms with E-state index >= 15 is 0 Å². The van der Waals surface area contributed by atoms with Crippen molar-refractivity contribution in [2.45, 2.75) is 32.4 Å². The summed E-state index contributed by atoms with van der Waals surface area (Å²) in [5.74, 6) is -2.63. The lowest BCUT2D eigenvalue weighted by atomic mass is 9.91. The molecule has 0 aliphatic heterocycles. The van der Waals surface area contributed by atoms with Gasteiger partial charge in [-0.05, 0) is 31.5 Å². The number of benzene rings is 1. The molecule has 0 bridgehead atoms. The minimum Gasteiger partial charge on any atom is -0.461 e. The summed E-state index contributed by atoms with van der Waals surface area (Å²) < 4.78 is 37.3. The summed E-state index contributed by atoms with van der Waals surface area (Å²) in [7, 11) is 0. The van der Waals surface area contributed by atoms with Crippen molar-refractivity contribution < 1.29 is 18.3 Å². The Hall–Kier alpha value is -3.89. The second-order valence-corrected chi connectivity index (χ2v) is 7.21. The Labute approximate surface area is 180 Å². The minimum absolute atomic E-state index is 0.0121. The van der Waals surface area contributed by atoms with Crippen molar-refractivity contribution in [2.75, 3.05) is 6.61 Å². The lowest BCUT2D eigenvalue weighted by Crippen LogP contribution is -2.32. The molecule has 0 spiro atoms. The van der Waals surface area contributed by atoms with E-state index in [-0.39, 0.29) is 30.1 Å². The van der Waals surface area contributed by atoms with Crippen molar-refractivity contribution >= 4 is 11.6 Å². The first kappa shape index (κ1) is 21.3. The summed E-state index contributed by atoms with van der Waals surface area (Å²) in [6, 6.07) is 4.36. The summed E-state index contributed by atoms with van der Waals surface area (Å²) >= 11 is 0. The smallest absolute Gasteiger partial charge is 0.358 e. The number of fused-ring (bicyclic) bond motifs is 1. The molecule has 0 fully saturated rings. The van der Waals surface area contributed by atoms with Crippen LogP contribution in [0.5, 0.6) is 0 Å². The number of hydrogen-bond acceptors (Lipinski definition) is 6. The van der Waals surface area contributed by atoms with Crippen molar-refractivity contribution in [2.24, 2.45) is 0 Å². The van der Waals surface area contributed by atoms with Gasteiger partial charge >= 0.3 is 11.7 Å². The number of rotatable bonds is 7. The number of carbonyl (C=O) groups excluding carboxylic acids is 1. The zero-order valence-corrected chi connectivity index (χ0v) is 17.4. The molecule has 3 aromatic heterocycles. The molecule has 0 radical (unpaired) electrons. The van der Waals surface area contributed by atoms with E-state index in [0.29, 0.717) is 0 Å². The standard InChI is InChI=1S/C21H20F2N6O3/c1-3-32-20(30)18-10-29-19(26-18)6-7-28(21(29)31)13(2)16(9-27-12-24-11-25-27)15-5-4-14(22)8-17(15)23/h4-8,10-13,16H,3,9H2,1-2H3. The van der Waals surface area contributed by atoms with Crippen LogP contribution in [-0.2, 0) is 11.3 Å². The first-order chi connectivity index (χ1) is 15.4. The number of nitrogens with zero attached hydrogens (tertiary/aromatic N) is 6. The van der Waals surface area contributed by atoms with Gasteiger partial charge in [-0.15, -0.1) is 0 Å². The average molecular weight is 442 g/mol. The molecule has 0 saturated carbocycles. The van der Waals surface area contributed by atoms with E-state index in [1.165, 1.54) is 50.8 Å². The summed E-state index contributed by atoms with van der Waals surface area (Å²) in [4.78, 5) is 33.2. The maximum Gasteiger partial charge on any atom is 0.358 e. The highest BCUT2D eigenvalue weighted by molar-refractivity contribution is 5.87. The van der Waals surface area contributed by atoms with Crippen molar-refractivity contribution in [3.63, 3.8) is 0 Å². The van der Waals surface area contributed by atoms with E-state index in [1.54, 1.807) is 19.9 Å². The highest BCUT2D eigenvalue weighted by Gasteiger charge is 2.26. The fraction of sp³-hybridized carbons (Fsp3) is 0.286. The molecule has 4 rings (SSSR count). The fourth-order valence-electron chi connectivity index (χ4n) is 3.65. The number of hydrogen-bond donors (Lipinski definition) is 0. The molecule has 0 aliphatic rings. The molecule has 166 valence electrons. The molecule has 1 aromatic carbocycles. The molecule has 0 saturated heterocycles. The molecule has 11 heteroatoms. The SMILES string of the molecule is CCOC(=O)c1cn2c(=O)n(C(C)C(Cn3cncn3)c3ccc(F)cc3F)ccc2n1. The fourth-order valence-corrected chi connectivity index (χ4v) is 3.65. The van der Waals surface area contributed by atoms with Crippen molar-refractivity contribution in [3.8, 4) is 0 Å². The first-order valence-electron chi connectivity index (χ1n) is 9.93. The van der Waals surface area contributed by atoms with E-state index in [0.717, 1.165) is 6.07 Å². The molecule has 0 aliphatic carbocycles. The van der Waals surface area contributed by atoms with E-state index < -0.39 is 35.3 Å². The number of ether oxygens (including phenoxy) is 1. The molecule has 2 atom stereocenters. The lowest BCUT2D eigenvalue weighted by molar-refractivity contribution is 0.0520. The minimum atomic E-state index is -0.719. The molecular weight excluding hydrogens is 422 g/mol. The molecule has 3 heterocycles. The highest BCUT2D eigenvalue weighted by atomic mass is 19.1. The first-order valence-corrected chi connectivity index (χ1v) is 9.93. The maximum absolute atomic E-state index is 14.7. The lowest BCUT2D eigenvalue weighted by Gasteiger charge is -2.26. The number of halogens is 2. The van der Waals surface area contributed by atoms with Crippen LogP contribution >= 0.6 is 0 Å². The van der Waals surface area contributed by atoms with Crippen LogP contribution < -0.4 is 5.69 Å². The molecular formula is C21H20F2N6O3. The maximum atomic E-state index is 14.7. The zero-order valence-electron chi connectivity index (χ0n) is 17.4. The number of aromatic nitrogens is 6. The summed E-state index contributed by atoms with van der Waals surface area (Å²) in [5, 5.41) is 4.07. The molecule has 4 aromatic rings. The third kappa shape index (κ3) is 4.01. The van der Waals surface area contributed by atoms with Gasteiger partial charge in [0.25, 0.3) is 0 Å². The number of carbonyl (C=O) groups is 1. The van der Waals surface area contributed by atoms with Crippen LogP contribution in [0.1, 0.15) is 41.9 Å². The van der Waals surface area contributed by atoms with Crippen LogP contribution in [0.2, 0.25) is 0 Å². The quantitative estimate of drug-likeness (QED) is 0.408. The van der Waals surface area contributed by atoms with Gasteiger partial charge in [0.1, 0.15) is 29.9 Å². The predicted molar refractivity (Wildman–Crippen MR) is 109 cm³/mol. The Morgan fingerprint density at radius 1 is 1.25 bits per heavy atom. The third-order valence-corrected chi connectivity index (χ3v) is 5.26. The van der Waals surface area contributed by atoms with Gasteiger partial charge < -0.3 is 4.74 Å². The third-order valence-electron chi connectivity index (χ3n) is 5.26. The van der Waals surface area contributed by atoms with Gasteiger partial charge in [0, 0.05) is 30.4 Å². The summed E-state index contributed by atoms with van der Waals surface area (Å²) in [5.41, 5.74) is 0.0591. The van der Waals surface area contributed by atoms with Gasteiger partial charge in [-0.25, -0.2) is 28.3 Å². The molecule has 0 amide bonds. The Morgan fingerprint density at radius 3 is 2.75 bits per heavy atom. The second-order valence-electron chi connectivity index (χ2n) is 7.21. The Kier molecular flexibility index (Phi) is 5.80. The Balaban J connectivity index is 1.77. The topological polar surface area (TPSA) is 96.3 Å². The van der Waals surface area contributed by atoms with Gasteiger partial charge in [0.15, 0.2) is 5.69 Å². The van der Waals surface area contributed by atoms with Gasteiger partial charge in [-0.1, -0.05) is 6.07 Å². The van der Waals surface area contributed by atoms with Crippen LogP contribution in [0, 0.1) is 11.6 Å². The average Bonchev–Trinajstić information content (AvgIpc) is 3.43. The van der Waals surface area contributed by atoms with Gasteiger partial charge in [-0.3, -0.25) is 13.6 Å². The number of imidazole rings is 1. The molecule has 0 N–H and O–H groups in total. The van der Waals surface area contributed by atoms with Crippen molar-refractivity contribution in [3.05, 3.63) is 82.7 Å². The highest BCUT2D eigenvalue weighted by Crippen LogP contribution is 2.31. The largest absolute Gasteiger partial charge is 0.461 e. The van der Waals surface area contributed by atoms with Crippen LogP contribution in [0.4, 0.5) is 8.78 Å². The normalized spacial score (nSPS) is 13.2. The van der Waals surface area contributed by atoms with Crippen LogP contribution in [0.3, 0.4) is 0 Å². The monoisotopic (exact) mass is 442 g/mol. The summed E-state index contributed by atoms with van der Waals surface area (Å²) in [6.45, 7) is 3.81. The van der Waals surface area contributed by atoms with Crippen molar-refractivity contribution in [1.82, 2.24) is 28.7 Å². The molecule has 2 unspecified atom stereocenters. The van der Waals surface area contributed by atoms with Gasteiger partial charge in [0.05, 0.1) is 13.2 Å². The van der Waals surface area contributed by atoms with Crippen LogP contribution in [-0.4, -0.2) is 41.3 Å². The van der Waals surface area contributed by atoms with Crippen LogP contribution in [0.25, 0.3) is 5.65 Å². The van der Waals surface area contributed by atoms with E-state index in [1.807, 2.05) is 0 Å². The summed E-state index contributed by atoms with van der Waals surface area (Å²) in [6.07, 6.45) is 5.67. The molecule has 9 nitrogen and oxygen atoms in total. The second kappa shape index (κ2) is 8.69. The van der Waals surface area contributed by atoms with E-state index in [4.69, 9.17) is 4.74 Å². The van der Waals surface area contributed by atoms with Crippen LogP contribution in [0.15, 0.2) is 54.1 Å². The van der Waals surface area contributed by atoms with Gasteiger partial charge in [-0.2, -0.15) is 5.10 Å². The van der Waals surface area contributed by atoms with Gasteiger partial charge in [0.2, 0.25) is 0 Å². The molecule has 32 heavy (non-hydrogen) atoms.